The van der Waals surface area contributed by atoms with Crippen molar-refractivity contribution in [2.24, 2.45) is 0 Å². The number of amides is 1. The number of hydrogen-bond acceptors (Lipinski definition) is 3. The smallest absolute Gasteiger partial charge is 0.234 e. The van der Waals surface area contributed by atoms with Crippen LogP contribution in [0.5, 0.6) is 0 Å². The van der Waals surface area contributed by atoms with E-state index in [4.69, 9.17) is 4.74 Å². The van der Waals surface area contributed by atoms with Gasteiger partial charge in [-0.3, -0.25) is 4.79 Å². The average Bonchev–Trinajstić information content (AvgIpc) is 2.28. The standard InChI is InChI=1S/C14H22N2O2/c1-11-6-12(2)8-13(7-11)9-15-10-14(17)16-4-5-18-3/h6-8,15H,4-5,9-10H2,1-3H3,(H,16,17). The highest BCUT2D eigenvalue weighted by molar-refractivity contribution is 5.77. The second-order valence-electron chi connectivity index (χ2n) is 4.44. The van der Waals surface area contributed by atoms with E-state index in [0.29, 0.717) is 26.2 Å². The lowest BCUT2D eigenvalue weighted by atomic mass is 10.1. The summed E-state index contributed by atoms with van der Waals surface area (Å²) >= 11 is 0. The first-order valence-electron chi connectivity index (χ1n) is 6.15. The van der Waals surface area contributed by atoms with E-state index in [0.717, 1.165) is 0 Å². The minimum atomic E-state index is -0.00331. The first kappa shape index (κ1) is 14.7. The Morgan fingerprint density at radius 2 is 1.89 bits per heavy atom. The van der Waals surface area contributed by atoms with E-state index in [-0.39, 0.29) is 5.91 Å². The van der Waals surface area contributed by atoms with Gasteiger partial charge in [0.25, 0.3) is 0 Å². The molecule has 0 aromatic heterocycles. The summed E-state index contributed by atoms with van der Waals surface area (Å²) in [4.78, 5) is 11.4. The van der Waals surface area contributed by atoms with E-state index < -0.39 is 0 Å². The molecule has 18 heavy (non-hydrogen) atoms. The lowest BCUT2D eigenvalue weighted by molar-refractivity contribution is -0.120. The molecule has 0 fully saturated rings. The van der Waals surface area contributed by atoms with Crippen LogP contribution in [0.2, 0.25) is 0 Å². The van der Waals surface area contributed by atoms with Crippen LogP contribution < -0.4 is 10.6 Å². The van der Waals surface area contributed by atoms with E-state index in [1.807, 2.05) is 0 Å². The van der Waals surface area contributed by atoms with Crippen molar-refractivity contribution in [2.45, 2.75) is 20.4 Å². The average molecular weight is 250 g/mol. The molecule has 1 amide bonds. The van der Waals surface area contributed by atoms with Gasteiger partial charge in [-0.1, -0.05) is 29.3 Å². The van der Waals surface area contributed by atoms with Gasteiger partial charge in [-0.25, -0.2) is 0 Å². The molecule has 0 atom stereocenters. The molecule has 0 aliphatic carbocycles. The maximum atomic E-state index is 11.4. The van der Waals surface area contributed by atoms with Gasteiger partial charge >= 0.3 is 0 Å². The van der Waals surface area contributed by atoms with Gasteiger partial charge in [-0.15, -0.1) is 0 Å². The predicted molar refractivity (Wildman–Crippen MR) is 72.5 cm³/mol. The van der Waals surface area contributed by atoms with Crippen LogP contribution >= 0.6 is 0 Å². The van der Waals surface area contributed by atoms with Crippen molar-refractivity contribution in [3.8, 4) is 0 Å². The summed E-state index contributed by atoms with van der Waals surface area (Å²) in [5, 5.41) is 5.90. The maximum absolute atomic E-state index is 11.4. The number of rotatable bonds is 7. The summed E-state index contributed by atoms with van der Waals surface area (Å²) in [6.45, 7) is 6.29. The normalized spacial score (nSPS) is 10.4. The first-order valence-corrected chi connectivity index (χ1v) is 6.15. The third-order valence-corrected chi connectivity index (χ3v) is 2.52. The zero-order chi connectivity index (χ0) is 13.4. The van der Waals surface area contributed by atoms with E-state index in [1.165, 1.54) is 16.7 Å². The van der Waals surface area contributed by atoms with E-state index >= 15 is 0 Å². The molecular weight excluding hydrogens is 228 g/mol. The number of benzene rings is 1. The van der Waals surface area contributed by atoms with Crippen LogP contribution in [-0.2, 0) is 16.1 Å². The van der Waals surface area contributed by atoms with Crippen molar-refractivity contribution in [3.05, 3.63) is 34.9 Å². The summed E-state index contributed by atoms with van der Waals surface area (Å²) < 4.78 is 4.86. The Balaban J connectivity index is 2.26. The van der Waals surface area contributed by atoms with Crippen molar-refractivity contribution < 1.29 is 9.53 Å². The van der Waals surface area contributed by atoms with Crippen molar-refractivity contribution in [2.75, 3.05) is 26.8 Å². The highest BCUT2D eigenvalue weighted by atomic mass is 16.5. The topological polar surface area (TPSA) is 50.4 Å². The summed E-state index contributed by atoms with van der Waals surface area (Å²) in [6, 6.07) is 6.40. The molecule has 2 N–H and O–H groups in total. The van der Waals surface area contributed by atoms with Crippen molar-refractivity contribution in [3.63, 3.8) is 0 Å². The number of nitrogens with one attached hydrogen (secondary N) is 2. The van der Waals surface area contributed by atoms with Crippen LogP contribution in [-0.4, -0.2) is 32.7 Å². The van der Waals surface area contributed by atoms with Gasteiger partial charge < -0.3 is 15.4 Å². The van der Waals surface area contributed by atoms with Gasteiger partial charge in [0.2, 0.25) is 5.91 Å². The lowest BCUT2D eigenvalue weighted by Gasteiger charge is -2.08. The first-order chi connectivity index (χ1) is 8.61. The number of methoxy groups -OCH3 is 1. The third kappa shape index (κ3) is 5.80. The van der Waals surface area contributed by atoms with E-state index in [9.17, 15) is 4.79 Å². The predicted octanol–water partition coefficient (Wildman–Crippen LogP) is 1.16. The SMILES string of the molecule is COCCNC(=O)CNCc1cc(C)cc(C)c1. The third-order valence-electron chi connectivity index (χ3n) is 2.52. The Morgan fingerprint density at radius 3 is 2.50 bits per heavy atom. The Bertz CT molecular complexity index is 371. The molecule has 1 rings (SSSR count). The van der Waals surface area contributed by atoms with Crippen LogP contribution in [0, 0.1) is 13.8 Å². The summed E-state index contributed by atoms with van der Waals surface area (Å²) in [5.41, 5.74) is 3.70. The fourth-order valence-electron chi connectivity index (χ4n) is 1.85. The number of ether oxygens (including phenoxy) is 1. The second-order valence-corrected chi connectivity index (χ2v) is 4.44. The zero-order valence-corrected chi connectivity index (χ0v) is 11.4. The van der Waals surface area contributed by atoms with Gasteiger partial charge in [0.15, 0.2) is 0 Å². The van der Waals surface area contributed by atoms with Gasteiger partial charge in [-0.05, 0) is 19.4 Å². The summed E-state index contributed by atoms with van der Waals surface area (Å²) in [7, 11) is 1.62. The molecule has 1 aromatic carbocycles. The number of carbonyl (C=O) groups excluding carboxylic acids is 1. The van der Waals surface area contributed by atoms with Crippen molar-refractivity contribution >= 4 is 5.91 Å². The molecule has 0 heterocycles. The Hall–Kier alpha value is -1.39. The second kappa shape index (κ2) is 7.84. The van der Waals surface area contributed by atoms with E-state index in [1.54, 1.807) is 7.11 Å². The van der Waals surface area contributed by atoms with Crippen LogP contribution in [0.1, 0.15) is 16.7 Å². The number of aryl methyl sites for hydroxylation is 2. The maximum Gasteiger partial charge on any atom is 0.234 e. The van der Waals surface area contributed by atoms with Crippen LogP contribution in [0.25, 0.3) is 0 Å². The van der Waals surface area contributed by atoms with Gasteiger partial charge in [0.1, 0.15) is 0 Å². The van der Waals surface area contributed by atoms with Gasteiger partial charge in [-0.2, -0.15) is 0 Å². The highest BCUT2D eigenvalue weighted by Crippen LogP contribution is 2.08. The molecule has 4 nitrogen and oxygen atoms in total. The Morgan fingerprint density at radius 1 is 1.22 bits per heavy atom. The molecule has 0 bridgehead atoms. The minimum Gasteiger partial charge on any atom is -0.383 e. The van der Waals surface area contributed by atoms with Gasteiger partial charge in [0, 0.05) is 20.2 Å². The molecule has 0 radical (unpaired) electrons. The minimum absolute atomic E-state index is 0.00331. The molecule has 0 unspecified atom stereocenters. The molecule has 1 aromatic rings. The fraction of sp³-hybridized carbons (Fsp3) is 0.500. The molecular formula is C14H22N2O2. The fourth-order valence-corrected chi connectivity index (χ4v) is 1.85. The highest BCUT2D eigenvalue weighted by Gasteiger charge is 2.00. The number of hydrogen-bond donors (Lipinski definition) is 2. The summed E-state index contributed by atoms with van der Waals surface area (Å²) in [5.74, 6) is -0.00331. The van der Waals surface area contributed by atoms with Crippen molar-refractivity contribution in [1.82, 2.24) is 10.6 Å². The molecule has 0 saturated carbocycles. The summed E-state index contributed by atoms with van der Waals surface area (Å²) in [6.07, 6.45) is 0. The van der Waals surface area contributed by atoms with Crippen molar-refractivity contribution in [1.29, 1.82) is 0 Å². The molecule has 0 spiro atoms. The monoisotopic (exact) mass is 250 g/mol. The molecule has 0 aliphatic heterocycles. The number of carbonyl (C=O) groups is 1. The molecule has 0 aliphatic rings. The van der Waals surface area contributed by atoms with Crippen LogP contribution in [0.4, 0.5) is 0 Å². The zero-order valence-electron chi connectivity index (χ0n) is 11.4. The molecule has 100 valence electrons. The Kier molecular flexibility index (Phi) is 6.39. The van der Waals surface area contributed by atoms with E-state index in [2.05, 4.69) is 42.7 Å². The van der Waals surface area contributed by atoms with Gasteiger partial charge in [0.05, 0.1) is 13.2 Å². The Labute approximate surface area is 109 Å². The van der Waals surface area contributed by atoms with Crippen LogP contribution in [0.15, 0.2) is 18.2 Å². The quantitative estimate of drug-likeness (QED) is 0.714. The largest absolute Gasteiger partial charge is 0.383 e. The molecule has 0 saturated heterocycles. The molecule has 4 heteroatoms. The van der Waals surface area contributed by atoms with Crippen LogP contribution in [0.3, 0.4) is 0 Å². The lowest BCUT2D eigenvalue weighted by Crippen LogP contribution is -2.35.